The van der Waals surface area contributed by atoms with Crippen LogP contribution in [0.5, 0.6) is 0 Å². The summed E-state index contributed by atoms with van der Waals surface area (Å²) < 4.78 is 0. The van der Waals surface area contributed by atoms with Crippen molar-refractivity contribution in [2.75, 3.05) is 6.54 Å². The first-order valence-electron chi connectivity index (χ1n) is 10.4. The lowest BCUT2D eigenvalue weighted by molar-refractivity contribution is 0.147. The fraction of sp³-hybridized carbons (Fsp3) is 0.952. The lowest BCUT2D eigenvalue weighted by Gasteiger charge is -2.38. The van der Waals surface area contributed by atoms with Crippen molar-refractivity contribution in [3.63, 3.8) is 0 Å². The summed E-state index contributed by atoms with van der Waals surface area (Å²) >= 11 is 0. The van der Waals surface area contributed by atoms with Crippen molar-refractivity contribution in [1.29, 1.82) is 0 Å². The molecule has 2 nitrogen and oxygen atoms in total. The molecule has 1 saturated carbocycles. The van der Waals surface area contributed by atoms with Crippen LogP contribution in [0.4, 0.5) is 0 Å². The van der Waals surface area contributed by atoms with E-state index in [0.717, 1.165) is 11.8 Å². The standard InChI is InChI=1S/C21H39NO/c1-2-3-10-15-21(17-12-9-13-18-21)16-11-7-5-4-6-8-14-19-22-20-23/h2-19H2,1H3. The predicted octanol–water partition coefficient (Wildman–Crippen LogP) is 6.97. The monoisotopic (exact) mass is 321 g/mol. The highest BCUT2D eigenvalue weighted by Crippen LogP contribution is 2.44. The molecule has 0 bridgehead atoms. The molecule has 0 aliphatic heterocycles. The van der Waals surface area contributed by atoms with Crippen molar-refractivity contribution in [2.45, 2.75) is 116 Å². The Morgan fingerprint density at radius 1 is 0.783 bits per heavy atom. The van der Waals surface area contributed by atoms with Gasteiger partial charge in [0.05, 0.1) is 6.54 Å². The third-order valence-corrected chi connectivity index (χ3v) is 5.77. The molecule has 0 amide bonds. The van der Waals surface area contributed by atoms with Crippen molar-refractivity contribution in [1.82, 2.24) is 0 Å². The fourth-order valence-corrected chi connectivity index (χ4v) is 4.30. The Morgan fingerprint density at radius 2 is 1.35 bits per heavy atom. The molecule has 0 aromatic heterocycles. The van der Waals surface area contributed by atoms with Crippen LogP contribution >= 0.6 is 0 Å². The number of nitrogens with zero attached hydrogens (tertiary/aromatic N) is 1. The van der Waals surface area contributed by atoms with Crippen molar-refractivity contribution in [2.24, 2.45) is 10.4 Å². The first-order valence-corrected chi connectivity index (χ1v) is 10.4. The van der Waals surface area contributed by atoms with Gasteiger partial charge < -0.3 is 0 Å². The molecule has 0 spiro atoms. The Hall–Kier alpha value is -0.620. The van der Waals surface area contributed by atoms with Gasteiger partial charge in [0.25, 0.3) is 0 Å². The quantitative estimate of drug-likeness (QED) is 0.193. The number of carbonyl (C=O) groups excluding carboxylic acids is 1. The zero-order valence-corrected chi connectivity index (χ0v) is 15.6. The van der Waals surface area contributed by atoms with Crippen LogP contribution < -0.4 is 0 Å². The number of unbranched alkanes of at least 4 members (excludes halogenated alkanes) is 8. The zero-order valence-electron chi connectivity index (χ0n) is 15.6. The van der Waals surface area contributed by atoms with Crippen LogP contribution in [0.25, 0.3) is 0 Å². The van der Waals surface area contributed by atoms with Gasteiger partial charge >= 0.3 is 0 Å². The summed E-state index contributed by atoms with van der Waals surface area (Å²) in [6, 6.07) is 0. The minimum absolute atomic E-state index is 0.670. The van der Waals surface area contributed by atoms with E-state index in [-0.39, 0.29) is 0 Å². The predicted molar refractivity (Wildman–Crippen MR) is 99.6 cm³/mol. The number of aliphatic imine (C=N–C) groups is 1. The summed E-state index contributed by atoms with van der Waals surface area (Å²) in [6.45, 7) is 2.99. The second kappa shape index (κ2) is 13.8. The molecule has 134 valence electrons. The van der Waals surface area contributed by atoms with E-state index in [1.54, 1.807) is 6.08 Å². The maximum Gasteiger partial charge on any atom is 0.234 e. The van der Waals surface area contributed by atoms with E-state index in [0.29, 0.717) is 6.54 Å². The molecule has 0 N–H and O–H groups in total. The van der Waals surface area contributed by atoms with Gasteiger partial charge in [-0.25, -0.2) is 9.79 Å². The SMILES string of the molecule is CCCCCC1(CCCCCCCCCN=C=O)CCCCC1. The molecule has 1 rings (SSSR count). The Balaban J connectivity index is 2.06. The van der Waals surface area contributed by atoms with Gasteiger partial charge in [-0.15, -0.1) is 0 Å². The summed E-state index contributed by atoms with van der Waals surface area (Å²) in [5, 5.41) is 0. The van der Waals surface area contributed by atoms with Crippen LogP contribution in [-0.2, 0) is 4.79 Å². The lowest BCUT2D eigenvalue weighted by atomic mass is 9.68. The van der Waals surface area contributed by atoms with Gasteiger partial charge in [-0.3, -0.25) is 0 Å². The first kappa shape index (κ1) is 20.4. The van der Waals surface area contributed by atoms with Gasteiger partial charge in [-0.2, -0.15) is 0 Å². The molecule has 0 unspecified atom stereocenters. The molecule has 0 atom stereocenters. The van der Waals surface area contributed by atoms with E-state index in [1.807, 2.05) is 0 Å². The second-order valence-electron chi connectivity index (χ2n) is 7.72. The second-order valence-corrected chi connectivity index (χ2v) is 7.72. The third kappa shape index (κ3) is 9.97. The molecule has 0 radical (unpaired) electrons. The summed E-state index contributed by atoms with van der Waals surface area (Å²) in [5.41, 5.74) is 0.722. The van der Waals surface area contributed by atoms with Gasteiger partial charge in [-0.1, -0.05) is 84.0 Å². The van der Waals surface area contributed by atoms with Gasteiger partial charge in [0.1, 0.15) is 0 Å². The van der Waals surface area contributed by atoms with Crippen LogP contribution in [0, 0.1) is 5.41 Å². The lowest BCUT2D eigenvalue weighted by Crippen LogP contribution is -2.24. The molecule has 0 heterocycles. The van der Waals surface area contributed by atoms with Crippen molar-refractivity contribution < 1.29 is 4.79 Å². The van der Waals surface area contributed by atoms with Crippen LogP contribution in [0.1, 0.15) is 116 Å². The maximum atomic E-state index is 9.96. The normalized spacial score (nSPS) is 16.9. The van der Waals surface area contributed by atoms with Gasteiger partial charge in [-0.05, 0) is 37.5 Å². The minimum Gasteiger partial charge on any atom is -0.211 e. The highest BCUT2D eigenvalue weighted by Gasteiger charge is 2.30. The van der Waals surface area contributed by atoms with E-state index in [9.17, 15) is 4.79 Å². The van der Waals surface area contributed by atoms with E-state index in [1.165, 1.54) is 103 Å². The molecule has 0 saturated heterocycles. The van der Waals surface area contributed by atoms with Gasteiger partial charge in [0, 0.05) is 0 Å². The number of isocyanates is 1. The van der Waals surface area contributed by atoms with E-state index in [2.05, 4.69) is 11.9 Å². The topological polar surface area (TPSA) is 29.4 Å². The summed E-state index contributed by atoms with van der Waals surface area (Å²) in [6.07, 6.45) is 25.5. The molecular formula is C21H39NO. The van der Waals surface area contributed by atoms with Crippen LogP contribution in [-0.4, -0.2) is 12.6 Å². The Kier molecular flexibility index (Phi) is 12.2. The van der Waals surface area contributed by atoms with Crippen LogP contribution in [0.15, 0.2) is 4.99 Å². The fourth-order valence-electron chi connectivity index (χ4n) is 4.30. The molecular weight excluding hydrogens is 282 g/mol. The van der Waals surface area contributed by atoms with Crippen molar-refractivity contribution in [3.8, 4) is 0 Å². The third-order valence-electron chi connectivity index (χ3n) is 5.77. The summed E-state index contributed by atoms with van der Waals surface area (Å²) in [7, 11) is 0. The average Bonchev–Trinajstić information content (AvgIpc) is 2.58. The van der Waals surface area contributed by atoms with Gasteiger partial charge in [0.15, 0.2) is 0 Å². The average molecular weight is 322 g/mol. The maximum absolute atomic E-state index is 9.96. The molecule has 1 fully saturated rings. The van der Waals surface area contributed by atoms with Crippen LogP contribution in [0.3, 0.4) is 0 Å². The molecule has 23 heavy (non-hydrogen) atoms. The molecule has 2 heteroatoms. The first-order chi connectivity index (χ1) is 11.3. The van der Waals surface area contributed by atoms with Crippen molar-refractivity contribution in [3.05, 3.63) is 0 Å². The Bertz CT molecular complexity index is 314. The molecule has 1 aliphatic carbocycles. The van der Waals surface area contributed by atoms with E-state index >= 15 is 0 Å². The van der Waals surface area contributed by atoms with E-state index < -0.39 is 0 Å². The van der Waals surface area contributed by atoms with Crippen molar-refractivity contribution >= 4 is 6.08 Å². The summed E-state index contributed by atoms with van der Waals surface area (Å²) in [5.74, 6) is 0. The smallest absolute Gasteiger partial charge is 0.211 e. The van der Waals surface area contributed by atoms with Crippen LogP contribution in [0.2, 0.25) is 0 Å². The van der Waals surface area contributed by atoms with Gasteiger partial charge in [0.2, 0.25) is 6.08 Å². The molecule has 0 aromatic carbocycles. The molecule has 0 aromatic rings. The van der Waals surface area contributed by atoms with E-state index in [4.69, 9.17) is 0 Å². The highest BCUT2D eigenvalue weighted by atomic mass is 16.1. The number of rotatable bonds is 14. The summed E-state index contributed by atoms with van der Waals surface area (Å²) in [4.78, 5) is 13.6. The number of hydrogen-bond donors (Lipinski definition) is 0. The number of hydrogen-bond acceptors (Lipinski definition) is 2. The minimum atomic E-state index is 0.670. The molecule has 1 aliphatic rings. The Labute approximate surface area is 144 Å². The largest absolute Gasteiger partial charge is 0.234 e. The Morgan fingerprint density at radius 3 is 1.96 bits per heavy atom. The highest BCUT2D eigenvalue weighted by molar-refractivity contribution is 5.32. The zero-order chi connectivity index (χ0) is 16.6.